The van der Waals surface area contributed by atoms with Gasteiger partial charge in [-0.05, 0) is 83.5 Å². The average Bonchev–Trinajstić information content (AvgIpc) is 3.15. The predicted molar refractivity (Wildman–Crippen MR) is 231 cm³/mol. The Morgan fingerprint density at radius 2 is 0.964 bits per heavy atom. The molecule has 0 aromatic carbocycles. The Kier molecular flexibility index (Phi) is 36.7. The molecule has 0 rings (SSSR count). The fourth-order valence-corrected chi connectivity index (χ4v) is 6.24. The molecule has 1 unspecified atom stereocenters. The zero-order chi connectivity index (χ0) is 41.4. The molecule has 0 radical (unpaired) electrons. The number of phosphoric acid groups is 1. The third-order valence-electron chi connectivity index (χ3n) is 9.01. The van der Waals surface area contributed by atoms with Gasteiger partial charge in [0.2, 0.25) is 0 Å². The summed E-state index contributed by atoms with van der Waals surface area (Å²) in [5.74, 6) is -0.880. The lowest BCUT2D eigenvalue weighted by molar-refractivity contribution is -0.870. The van der Waals surface area contributed by atoms with Crippen molar-refractivity contribution < 1.29 is 42.1 Å². The highest BCUT2D eigenvalue weighted by atomic mass is 31.2. The predicted octanol–water partition coefficient (Wildman–Crippen LogP) is 11.8. The first-order valence-corrected chi connectivity index (χ1v) is 23.5. The lowest BCUT2D eigenvalue weighted by Crippen LogP contribution is -2.37. The largest absolute Gasteiger partial charge is 0.756 e. The van der Waals surface area contributed by atoms with Gasteiger partial charge in [0, 0.05) is 12.8 Å². The Morgan fingerprint density at radius 3 is 1.43 bits per heavy atom. The molecule has 10 heteroatoms. The summed E-state index contributed by atoms with van der Waals surface area (Å²) < 4.78 is 33.8. The number of carbonyl (C=O) groups is 2. The van der Waals surface area contributed by atoms with E-state index >= 15 is 0 Å². The summed E-state index contributed by atoms with van der Waals surface area (Å²) >= 11 is 0. The highest BCUT2D eigenvalue weighted by Crippen LogP contribution is 2.38. The van der Waals surface area contributed by atoms with Gasteiger partial charge in [-0.25, -0.2) is 0 Å². The second-order valence-corrected chi connectivity index (χ2v) is 17.1. The molecule has 0 N–H and O–H groups in total. The number of unbranched alkanes of at least 4 members (excludes halogenated alkanes) is 15. The van der Waals surface area contributed by atoms with Crippen LogP contribution < -0.4 is 4.89 Å². The molecule has 0 aromatic heterocycles. The maximum absolute atomic E-state index is 12.7. The smallest absolute Gasteiger partial charge is 0.306 e. The first kappa shape index (κ1) is 53.7. The van der Waals surface area contributed by atoms with Gasteiger partial charge in [-0.3, -0.25) is 14.2 Å². The number of hydrogen-bond acceptors (Lipinski definition) is 8. The van der Waals surface area contributed by atoms with Crippen molar-refractivity contribution in [3.05, 3.63) is 60.8 Å². The summed E-state index contributed by atoms with van der Waals surface area (Å²) in [5, 5.41) is 0. The van der Waals surface area contributed by atoms with Gasteiger partial charge in [0.25, 0.3) is 7.82 Å². The monoisotopic (exact) mass is 808 g/mol. The summed E-state index contributed by atoms with van der Waals surface area (Å²) in [6.07, 6.45) is 45.2. The van der Waals surface area contributed by atoms with E-state index < -0.39 is 32.5 Å². The van der Waals surface area contributed by atoms with Crippen LogP contribution in [0.2, 0.25) is 0 Å². The molecule has 324 valence electrons. The van der Waals surface area contributed by atoms with E-state index in [0.717, 1.165) is 77.0 Å². The zero-order valence-electron chi connectivity index (χ0n) is 36.3. The number of hydrogen-bond donors (Lipinski definition) is 0. The molecule has 0 fully saturated rings. The van der Waals surface area contributed by atoms with Crippen LogP contribution >= 0.6 is 7.82 Å². The average molecular weight is 808 g/mol. The van der Waals surface area contributed by atoms with Gasteiger partial charge in [-0.2, -0.15) is 0 Å². The summed E-state index contributed by atoms with van der Waals surface area (Å²) in [4.78, 5) is 37.5. The number of nitrogens with zero attached hydrogens (tertiary/aromatic N) is 1. The standard InChI is InChI=1S/C46H82NO8P/c1-6-8-10-12-14-16-18-20-22-23-25-26-28-30-32-34-36-38-45(48)52-42-44(43-54-56(50,51)53-41-40-47(3,4)5)55-46(49)39-37-35-33-31-29-27-24-21-19-17-15-13-11-9-7-2/h14-17,20-22,24-26,44H,6-13,18-19,23,27-43H2,1-5H3/b16-14+,17-15+,22-20+,24-21+,26-25+/t44-/m1/s1. The third-order valence-corrected chi connectivity index (χ3v) is 9.97. The zero-order valence-corrected chi connectivity index (χ0v) is 37.2. The number of allylic oxidation sites excluding steroid dienone is 10. The Morgan fingerprint density at radius 1 is 0.554 bits per heavy atom. The van der Waals surface area contributed by atoms with Crippen molar-refractivity contribution >= 4 is 19.8 Å². The molecule has 0 heterocycles. The molecule has 56 heavy (non-hydrogen) atoms. The molecular formula is C46H82NO8P. The summed E-state index contributed by atoms with van der Waals surface area (Å²) in [6, 6.07) is 0. The SMILES string of the molecule is CCCCC/C=C/C/C=C/C/C=C/CCCCCCC(=O)OC[C@H](COP(=O)([O-])OCC[N+](C)(C)C)OC(=O)CCCCCCC/C=C/C/C=C/CCCCC. The second-order valence-electron chi connectivity index (χ2n) is 15.7. The van der Waals surface area contributed by atoms with Crippen LogP contribution in [-0.4, -0.2) is 70.0 Å². The van der Waals surface area contributed by atoms with E-state index in [2.05, 4.69) is 74.6 Å². The molecule has 0 spiro atoms. The number of rotatable bonds is 39. The van der Waals surface area contributed by atoms with Crippen LogP contribution in [0.5, 0.6) is 0 Å². The Labute approximate surface area is 343 Å². The molecule has 0 aliphatic rings. The number of carbonyl (C=O) groups excluding carboxylic acids is 2. The fraction of sp³-hybridized carbons (Fsp3) is 0.739. The molecule has 0 saturated heterocycles. The quantitative estimate of drug-likeness (QED) is 0.0198. The van der Waals surface area contributed by atoms with Crippen molar-refractivity contribution in [3.8, 4) is 0 Å². The van der Waals surface area contributed by atoms with Gasteiger partial charge in [0.05, 0.1) is 27.7 Å². The molecule has 2 atom stereocenters. The van der Waals surface area contributed by atoms with Crippen LogP contribution in [0.4, 0.5) is 0 Å². The minimum Gasteiger partial charge on any atom is -0.756 e. The minimum atomic E-state index is -4.64. The van der Waals surface area contributed by atoms with E-state index in [4.69, 9.17) is 18.5 Å². The minimum absolute atomic E-state index is 0.0401. The molecule has 0 amide bonds. The van der Waals surface area contributed by atoms with Gasteiger partial charge < -0.3 is 27.9 Å². The molecule has 0 bridgehead atoms. The molecule has 0 aliphatic heterocycles. The summed E-state index contributed by atoms with van der Waals surface area (Å²) in [7, 11) is 1.13. The second kappa shape index (κ2) is 38.2. The van der Waals surface area contributed by atoms with Gasteiger partial charge >= 0.3 is 11.9 Å². The van der Waals surface area contributed by atoms with Gasteiger partial charge in [-0.15, -0.1) is 0 Å². The number of ether oxygens (including phenoxy) is 2. The van der Waals surface area contributed by atoms with E-state index in [9.17, 15) is 19.0 Å². The van der Waals surface area contributed by atoms with Crippen LogP contribution in [0, 0.1) is 0 Å². The van der Waals surface area contributed by atoms with Crippen molar-refractivity contribution in [3.63, 3.8) is 0 Å². The number of likely N-dealkylation sites (N-methyl/N-ethyl adjacent to an activating group) is 1. The summed E-state index contributed by atoms with van der Waals surface area (Å²) in [5.41, 5.74) is 0. The van der Waals surface area contributed by atoms with Gasteiger partial charge in [-0.1, -0.05) is 132 Å². The fourth-order valence-electron chi connectivity index (χ4n) is 5.51. The highest BCUT2D eigenvalue weighted by Gasteiger charge is 2.21. The first-order chi connectivity index (χ1) is 27.0. The van der Waals surface area contributed by atoms with E-state index in [1.54, 1.807) is 0 Å². The Balaban J connectivity index is 4.44. The third kappa shape index (κ3) is 41.3. The maximum Gasteiger partial charge on any atom is 0.306 e. The highest BCUT2D eigenvalue weighted by molar-refractivity contribution is 7.45. The van der Waals surface area contributed by atoms with E-state index in [1.165, 1.54) is 51.4 Å². The van der Waals surface area contributed by atoms with Crippen LogP contribution in [-0.2, 0) is 32.7 Å². The number of phosphoric ester groups is 1. The van der Waals surface area contributed by atoms with Gasteiger partial charge in [0.15, 0.2) is 6.10 Å². The van der Waals surface area contributed by atoms with Crippen molar-refractivity contribution in [2.75, 3.05) is 47.5 Å². The van der Waals surface area contributed by atoms with Crippen LogP contribution in [0.25, 0.3) is 0 Å². The van der Waals surface area contributed by atoms with E-state index in [0.29, 0.717) is 23.9 Å². The normalized spacial score (nSPS) is 14.2. The van der Waals surface area contributed by atoms with Crippen LogP contribution in [0.15, 0.2) is 60.8 Å². The van der Waals surface area contributed by atoms with Crippen molar-refractivity contribution in [2.45, 2.75) is 174 Å². The molecular weight excluding hydrogens is 725 g/mol. The lowest BCUT2D eigenvalue weighted by Gasteiger charge is -2.28. The van der Waals surface area contributed by atoms with Crippen molar-refractivity contribution in [1.29, 1.82) is 0 Å². The van der Waals surface area contributed by atoms with Crippen LogP contribution in [0.1, 0.15) is 168 Å². The Hall–Kier alpha value is -2.29. The van der Waals surface area contributed by atoms with E-state index in [-0.39, 0.29) is 26.1 Å². The van der Waals surface area contributed by atoms with Crippen LogP contribution in [0.3, 0.4) is 0 Å². The number of esters is 2. The topological polar surface area (TPSA) is 111 Å². The first-order valence-electron chi connectivity index (χ1n) is 22.0. The Bertz CT molecular complexity index is 1140. The van der Waals surface area contributed by atoms with Gasteiger partial charge in [0.1, 0.15) is 19.8 Å². The van der Waals surface area contributed by atoms with E-state index in [1.807, 2.05) is 21.1 Å². The summed E-state index contributed by atoms with van der Waals surface area (Å²) in [6.45, 7) is 4.11. The maximum atomic E-state index is 12.7. The molecule has 0 aromatic rings. The molecule has 0 saturated carbocycles. The lowest BCUT2D eigenvalue weighted by atomic mass is 10.1. The number of quaternary nitrogens is 1. The molecule has 9 nitrogen and oxygen atoms in total. The van der Waals surface area contributed by atoms with Crippen molar-refractivity contribution in [1.82, 2.24) is 0 Å². The molecule has 0 aliphatic carbocycles. The van der Waals surface area contributed by atoms with Crippen molar-refractivity contribution in [2.24, 2.45) is 0 Å².